The molecule has 0 unspecified atom stereocenters. The van der Waals surface area contributed by atoms with Gasteiger partial charge >= 0.3 is 0 Å². The van der Waals surface area contributed by atoms with E-state index in [4.69, 9.17) is 4.74 Å². The minimum absolute atomic E-state index is 0.0736. The van der Waals surface area contributed by atoms with Gasteiger partial charge in [-0.15, -0.1) is 11.8 Å². The predicted molar refractivity (Wildman–Crippen MR) is 106 cm³/mol. The van der Waals surface area contributed by atoms with Gasteiger partial charge in [-0.25, -0.2) is 0 Å². The molecule has 0 aliphatic heterocycles. The molecular weight excluding hydrogens is 384 g/mol. The molecule has 0 saturated heterocycles. The van der Waals surface area contributed by atoms with Crippen molar-refractivity contribution >= 4 is 27.7 Å². The smallest absolute Gasteiger partial charge is 0.118 e. The van der Waals surface area contributed by atoms with E-state index in [0.717, 1.165) is 22.2 Å². The van der Waals surface area contributed by atoms with Crippen molar-refractivity contribution in [2.24, 2.45) is 0 Å². The van der Waals surface area contributed by atoms with Crippen molar-refractivity contribution in [2.75, 3.05) is 13.7 Å². The summed E-state index contributed by atoms with van der Waals surface area (Å²) in [7, 11) is 1.66. The topological polar surface area (TPSA) is 29.5 Å². The lowest BCUT2D eigenvalue weighted by atomic mass is 9.92. The molecule has 1 atom stereocenters. The fourth-order valence-electron chi connectivity index (χ4n) is 2.57. The van der Waals surface area contributed by atoms with Crippen LogP contribution in [0.3, 0.4) is 0 Å². The molecule has 0 spiro atoms. The number of thioether (sulfide) groups is 1. The van der Waals surface area contributed by atoms with Gasteiger partial charge in [0.25, 0.3) is 0 Å². The molecule has 0 fully saturated rings. The summed E-state index contributed by atoms with van der Waals surface area (Å²) >= 11 is 5.44. The minimum Gasteiger partial charge on any atom is -0.497 e. The normalized spacial score (nSPS) is 12.9. The Morgan fingerprint density at radius 1 is 1.12 bits per heavy atom. The Morgan fingerprint density at radius 3 is 2.33 bits per heavy atom. The summed E-state index contributed by atoms with van der Waals surface area (Å²) in [6, 6.07) is 14.4. The van der Waals surface area contributed by atoms with Crippen molar-refractivity contribution < 1.29 is 9.84 Å². The minimum atomic E-state index is 0.0736. The largest absolute Gasteiger partial charge is 0.497 e. The summed E-state index contributed by atoms with van der Waals surface area (Å²) in [6.45, 7) is 6.78. The third-order valence-electron chi connectivity index (χ3n) is 3.71. The average Bonchev–Trinajstić information content (AvgIpc) is 2.54. The van der Waals surface area contributed by atoms with Crippen LogP contribution in [-0.4, -0.2) is 23.6 Å². The molecule has 0 amide bonds. The molecule has 0 saturated carbocycles. The highest BCUT2D eigenvalue weighted by Crippen LogP contribution is 2.37. The molecule has 0 aromatic heterocycles. The third kappa shape index (κ3) is 5.54. The molecule has 2 rings (SSSR count). The maximum Gasteiger partial charge on any atom is 0.118 e. The summed E-state index contributed by atoms with van der Waals surface area (Å²) < 4.78 is 6.44. The van der Waals surface area contributed by atoms with E-state index in [9.17, 15) is 5.11 Å². The van der Waals surface area contributed by atoms with Crippen LogP contribution in [0.15, 0.2) is 51.8 Å². The van der Waals surface area contributed by atoms with Gasteiger partial charge in [0.2, 0.25) is 0 Å². The number of benzene rings is 2. The van der Waals surface area contributed by atoms with Gasteiger partial charge in [-0.05, 0) is 47.9 Å². The number of hydrogen-bond donors (Lipinski definition) is 1. The van der Waals surface area contributed by atoms with E-state index in [-0.39, 0.29) is 17.3 Å². The van der Waals surface area contributed by atoms with E-state index in [1.165, 1.54) is 10.5 Å². The molecule has 0 aliphatic carbocycles. The van der Waals surface area contributed by atoms with Crippen molar-refractivity contribution in [1.82, 2.24) is 0 Å². The number of hydrogen-bond acceptors (Lipinski definition) is 3. The zero-order chi connectivity index (χ0) is 17.7. The maximum absolute atomic E-state index is 9.91. The van der Waals surface area contributed by atoms with Gasteiger partial charge in [-0.1, -0.05) is 48.8 Å². The van der Waals surface area contributed by atoms with Crippen LogP contribution in [0.2, 0.25) is 0 Å². The molecule has 0 radical (unpaired) electrons. The number of methoxy groups -OCH3 is 1. The molecule has 2 aromatic rings. The van der Waals surface area contributed by atoms with Crippen LogP contribution in [-0.2, 0) is 6.42 Å². The first kappa shape index (κ1) is 19.4. The lowest BCUT2D eigenvalue weighted by molar-refractivity contribution is 0.264. The van der Waals surface area contributed by atoms with E-state index in [0.29, 0.717) is 0 Å². The number of ether oxygens (including phenoxy) is 1. The first-order chi connectivity index (χ1) is 11.3. The highest BCUT2D eigenvalue weighted by Gasteiger charge is 2.18. The van der Waals surface area contributed by atoms with Gasteiger partial charge < -0.3 is 9.84 Å². The van der Waals surface area contributed by atoms with Crippen molar-refractivity contribution in [1.29, 1.82) is 0 Å². The molecule has 2 aromatic carbocycles. The van der Waals surface area contributed by atoms with Crippen molar-refractivity contribution in [3.8, 4) is 5.75 Å². The van der Waals surface area contributed by atoms with E-state index in [1.807, 2.05) is 36.0 Å². The van der Waals surface area contributed by atoms with Gasteiger partial charge in [0, 0.05) is 20.0 Å². The second-order valence-electron chi connectivity index (χ2n) is 6.82. The second-order valence-corrected chi connectivity index (χ2v) is 9.61. The summed E-state index contributed by atoms with van der Waals surface area (Å²) in [5, 5.41) is 9.91. The van der Waals surface area contributed by atoms with Gasteiger partial charge in [-0.3, -0.25) is 0 Å². The summed E-state index contributed by atoms with van der Waals surface area (Å²) in [5.74, 6) is 0.909. The van der Waals surface area contributed by atoms with Crippen LogP contribution in [0.5, 0.6) is 5.75 Å². The monoisotopic (exact) mass is 408 g/mol. The zero-order valence-corrected chi connectivity index (χ0v) is 17.1. The Hall–Kier alpha value is -0.970. The first-order valence-corrected chi connectivity index (χ1v) is 9.65. The average molecular weight is 409 g/mol. The van der Waals surface area contributed by atoms with Gasteiger partial charge in [0.1, 0.15) is 5.75 Å². The molecule has 24 heavy (non-hydrogen) atoms. The van der Waals surface area contributed by atoms with Crippen LogP contribution in [0.1, 0.15) is 37.8 Å². The van der Waals surface area contributed by atoms with Crippen molar-refractivity contribution in [3.63, 3.8) is 0 Å². The Kier molecular flexibility index (Phi) is 6.79. The lowest BCUT2D eigenvalue weighted by Gasteiger charge is -2.22. The highest BCUT2D eigenvalue weighted by molar-refractivity contribution is 9.10. The molecule has 130 valence electrons. The van der Waals surface area contributed by atoms with Crippen LogP contribution >= 0.6 is 27.7 Å². The van der Waals surface area contributed by atoms with E-state index in [1.54, 1.807) is 7.11 Å². The maximum atomic E-state index is 9.91. The lowest BCUT2D eigenvalue weighted by Crippen LogP contribution is -2.11. The molecule has 2 nitrogen and oxygen atoms in total. The Morgan fingerprint density at radius 2 is 1.79 bits per heavy atom. The molecular formula is C20H25BrO2S. The van der Waals surface area contributed by atoms with Gasteiger partial charge in [0.15, 0.2) is 0 Å². The fraction of sp³-hybridized carbons (Fsp3) is 0.400. The van der Waals surface area contributed by atoms with E-state index in [2.05, 4.69) is 54.9 Å². The van der Waals surface area contributed by atoms with Crippen LogP contribution < -0.4 is 4.74 Å². The molecule has 1 N–H and O–H groups in total. The number of rotatable bonds is 6. The van der Waals surface area contributed by atoms with Gasteiger partial charge in [0.05, 0.1) is 13.7 Å². The zero-order valence-electron chi connectivity index (χ0n) is 14.7. The third-order valence-corrected chi connectivity index (χ3v) is 5.44. The Bertz CT molecular complexity index is 662. The Balaban J connectivity index is 2.27. The highest BCUT2D eigenvalue weighted by atomic mass is 79.9. The van der Waals surface area contributed by atoms with Crippen LogP contribution in [0.25, 0.3) is 0 Å². The SMILES string of the molecule is COc1ccc([C@H](CO)Cc2cc(Br)ccc2SC(C)(C)C)cc1. The molecule has 4 heteroatoms. The number of aliphatic hydroxyl groups excluding tert-OH is 1. The van der Waals surface area contributed by atoms with Crippen LogP contribution in [0, 0.1) is 0 Å². The summed E-state index contributed by atoms with van der Waals surface area (Å²) in [4.78, 5) is 1.28. The summed E-state index contributed by atoms with van der Waals surface area (Å²) in [6.07, 6.45) is 0.806. The van der Waals surface area contributed by atoms with E-state index >= 15 is 0 Å². The van der Waals surface area contributed by atoms with E-state index < -0.39 is 0 Å². The summed E-state index contributed by atoms with van der Waals surface area (Å²) in [5.41, 5.74) is 2.39. The molecule has 0 heterocycles. The number of halogens is 1. The van der Waals surface area contributed by atoms with Crippen molar-refractivity contribution in [2.45, 2.75) is 42.8 Å². The number of aliphatic hydroxyl groups is 1. The predicted octanol–water partition coefficient (Wildman–Crippen LogP) is 5.67. The van der Waals surface area contributed by atoms with Crippen LogP contribution in [0.4, 0.5) is 0 Å². The fourth-order valence-corrected chi connectivity index (χ4v) is 4.04. The van der Waals surface area contributed by atoms with Crippen molar-refractivity contribution in [3.05, 3.63) is 58.1 Å². The molecule has 0 bridgehead atoms. The first-order valence-electron chi connectivity index (χ1n) is 8.04. The second kappa shape index (κ2) is 8.41. The Labute approximate surface area is 157 Å². The van der Waals surface area contributed by atoms with Gasteiger partial charge in [-0.2, -0.15) is 0 Å². The quantitative estimate of drug-likeness (QED) is 0.624. The molecule has 0 aliphatic rings. The standard InChI is InChI=1S/C20H25BrO2S/c1-20(2,3)24-19-10-7-17(21)12-15(19)11-16(13-22)14-5-8-18(23-4)9-6-14/h5-10,12,16,22H,11,13H2,1-4H3/t16-/m0/s1.